The molecule has 0 aliphatic rings. The molecule has 6 nitrogen and oxygen atoms in total. The number of amides is 2. The van der Waals surface area contributed by atoms with Crippen LogP contribution in [0.5, 0.6) is 0 Å². The molecule has 0 saturated carbocycles. The van der Waals surface area contributed by atoms with Crippen LogP contribution in [-0.4, -0.2) is 31.2 Å². The van der Waals surface area contributed by atoms with E-state index in [9.17, 15) is 27.6 Å². The van der Waals surface area contributed by atoms with Gasteiger partial charge in [-0.2, -0.15) is 13.2 Å². The molecule has 0 spiro atoms. The Morgan fingerprint density at radius 3 is 2.45 bits per heavy atom. The molecular weight excluding hydrogens is 307 g/mol. The Morgan fingerprint density at radius 1 is 1.18 bits per heavy atom. The van der Waals surface area contributed by atoms with Crippen molar-refractivity contribution in [2.45, 2.75) is 13.1 Å². The standard InChI is InChI=1S/C13H12F3NO5/c1-2-21-12(20)17-10(18)7-22-11(19)8-4-3-5-9(6-8)13(14,15)16/h3-6H,2,7H2,1H3,(H,17,18,20). The van der Waals surface area contributed by atoms with E-state index < -0.39 is 36.3 Å². The first-order valence-electron chi connectivity index (χ1n) is 6.05. The Bertz CT molecular complexity index is 571. The summed E-state index contributed by atoms with van der Waals surface area (Å²) in [6.07, 6.45) is -5.61. The molecule has 2 amide bonds. The van der Waals surface area contributed by atoms with Crippen molar-refractivity contribution in [3.8, 4) is 0 Å². The summed E-state index contributed by atoms with van der Waals surface area (Å²) in [4.78, 5) is 33.7. The molecule has 22 heavy (non-hydrogen) atoms. The fraction of sp³-hybridized carbons (Fsp3) is 0.308. The topological polar surface area (TPSA) is 81.7 Å². The van der Waals surface area contributed by atoms with Gasteiger partial charge in [-0.15, -0.1) is 0 Å². The van der Waals surface area contributed by atoms with E-state index in [4.69, 9.17) is 0 Å². The molecule has 0 unspecified atom stereocenters. The minimum absolute atomic E-state index is 0.0448. The molecule has 0 fully saturated rings. The monoisotopic (exact) mass is 319 g/mol. The van der Waals surface area contributed by atoms with Crippen molar-refractivity contribution in [1.29, 1.82) is 0 Å². The number of alkyl halides is 3. The van der Waals surface area contributed by atoms with Gasteiger partial charge in [0.2, 0.25) is 0 Å². The lowest BCUT2D eigenvalue weighted by molar-refractivity contribution is -0.137. The van der Waals surface area contributed by atoms with Crippen molar-refractivity contribution in [3.05, 3.63) is 35.4 Å². The maximum absolute atomic E-state index is 12.5. The third-order valence-corrected chi connectivity index (χ3v) is 2.28. The number of esters is 1. The van der Waals surface area contributed by atoms with Gasteiger partial charge in [0, 0.05) is 0 Å². The van der Waals surface area contributed by atoms with Gasteiger partial charge in [0.25, 0.3) is 5.91 Å². The number of nitrogens with one attached hydrogen (secondary N) is 1. The van der Waals surface area contributed by atoms with E-state index in [0.29, 0.717) is 6.07 Å². The van der Waals surface area contributed by atoms with Crippen LogP contribution in [0.3, 0.4) is 0 Å². The average molecular weight is 319 g/mol. The van der Waals surface area contributed by atoms with Crippen LogP contribution in [0.4, 0.5) is 18.0 Å². The quantitative estimate of drug-likeness (QED) is 0.860. The van der Waals surface area contributed by atoms with Crippen molar-refractivity contribution in [2.75, 3.05) is 13.2 Å². The molecule has 0 aromatic heterocycles. The Kier molecular flexibility index (Phi) is 5.90. The summed E-state index contributed by atoms with van der Waals surface area (Å²) in [5.41, 5.74) is -1.38. The van der Waals surface area contributed by atoms with Gasteiger partial charge in [-0.3, -0.25) is 10.1 Å². The van der Waals surface area contributed by atoms with Crippen LogP contribution < -0.4 is 5.32 Å². The number of hydrogen-bond acceptors (Lipinski definition) is 5. The normalized spacial score (nSPS) is 10.7. The lowest BCUT2D eigenvalue weighted by Gasteiger charge is -2.09. The Balaban J connectivity index is 2.59. The van der Waals surface area contributed by atoms with E-state index in [1.807, 2.05) is 0 Å². The number of rotatable bonds is 4. The van der Waals surface area contributed by atoms with Crippen LogP contribution in [0, 0.1) is 0 Å². The van der Waals surface area contributed by atoms with E-state index in [1.54, 1.807) is 5.32 Å². The molecule has 1 rings (SSSR count). The van der Waals surface area contributed by atoms with Crippen LogP contribution in [-0.2, 0) is 20.4 Å². The van der Waals surface area contributed by atoms with E-state index >= 15 is 0 Å². The zero-order chi connectivity index (χ0) is 16.8. The first kappa shape index (κ1) is 17.5. The summed E-state index contributed by atoms with van der Waals surface area (Å²) in [5.74, 6) is -2.08. The molecule has 9 heteroatoms. The molecule has 0 atom stereocenters. The number of imide groups is 1. The molecule has 0 aliphatic carbocycles. The van der Waals surface area contributed by atoms with Crippen LogP contribution in [0.2, 0.25) is 0 Å². The summed E-state index contributed by atoms with van der Waals surface area (Å²) < 4.78 is 46.4. The van der Waals surface area contributed by atoms with Gasteiger partial charge in [-0.05, 0) is 25.1 Å². The van der Waals surface area contributed by atoms with Crippen LogP contribution in [0.1, 0.15) is 22.8 Å². The molecule has 0 bridgehead atoms. The second kappa shape index (κ2) is 7.43. The first-order valence-corrected chi connectivity index (χ1v) is 6.05. The van der Waals surface area contributed by atoms with Crippen LogP contribution in [0.25, 0.3) is 0 Å². The van der Waals surface area contributed by atoms with E-state index in [2.05, 4.69) is 9.47 Å². The number of carbonyl (C=O) groups is 3. The average Bonchev–Trinajstić information content (AvgIpc) is 2.44. The summed E-state index contributed by atoms with van der Waals surface area (Å²) in [7, 11) is 0. The second-order valence-electron chi connectivity index (χ2n) is 3.92. The highest BCUT2D eigenvalue weighted by Gasteiger charge is 2.31. The molecule has 120 valence electrons. The van der Waals surface area contributed by atoms with Gasteiger partial charge in [0.15, 0.2) is 6.61 Å². The zero-order valence-electron chi connectivity index (χ0n) is 11.4. The molecule has 0 aliphatic heterocycles. The lowest BCUT2D eigenvalue weighted by atomic mass is 10.1. The molecule has 1 N–H and O–H groups in total. The van der Waals surface area contributed by atoms with E-state index in [0.717, 1.165) is 18.2 Å². The first-order chi connectivity index (χ1) is 10.2. The molecule has 1 aromatic rings. The lowest BCUT2D eigenvalue weighted by Crippen LogP contribution is -2.34. The van der Waals surface area contributed by atoms with E-state index in [1.165, 1.54) is 6.92 Å². The highest BCUT2D eigenvalue weighted by atomic mass is 19.4. The predicted octanol–water partition coefficient (Wildman–Crippen LogP) is 2.13. The molecule has 1 aromatic carbocycles. The van der Waals surface area contributed by atoms with Crippen molar-refractivity contribution < 1.29 is 37.0 Å². The predicted molar refractivity (Wildman–Crippen MR) is 66.9 cm³/mol. The smallest absolute Gasteiger partial charge is 0.416 e. The maximum Gasteiger partial charge on any atom is 0.416 e. The van der Waals surface area contributed by atoms with Crippen molar-refractivity contribution in [3.63, 3.8) is 0 Å². The number of benzene rings is 1. The van der Waals surface area contributed by atoms with Crippen LogP contribution >= 0.6 is 0 Å². The summed E-state index contributed by atoms with van der Waals surface area (Å²) in [6, 6.07) is 3.55. The molecule has 0 heterocycles. The molecule has 0 radical (unpaired) electrons. The number of halogens is 3. The van der Waals surface area contributed by atoms with Crippen molar-refractivity contribution in [1.82, 2.24) is 5.32 Å². The van der Waals surface area contributed by atoms with Gasteiger partial charge in [0.1, 0.15) is 0 Å². The van der Waals surface area contributed by atoms with Gasteiger partial charge >= 0.3 is 18.2 Å². The van der Waals surface area contributed by atoms with Gasteiger partial charge in [-0.1, -0.05) is 6.07 Å². The Morgan fingerprint density at radius 2 is 1.86 bits per heavy atom. The Hall–Kier alpha value is -2.58. The number of carbonyl (C=O) groups excluding carboxylic acids is 3. The van der Waals surface area contributed by atoms with Crippen molar-refractivity contribution >= 4 is 18.0 Å². The van der Waals surface area contributed by atoms with Crippen molar-refractivity contribution in [2.24, 2.45) is 0 Å². The molecular formula is C13H12F3NO5. The minimum atomic E-state index is -4.60. The summed E-state index contributed by atoms with van der Waals surface area (Å²) in [6.45, 7) is 0.745. The number of hydrogen-bond donors (Lipinski definition) is 1. The minimum Gasteiger partial charge on any atom is -0.452 e. The van der Waals surface area contributed by atoms with Gasteiger partial charge < -0.3 is 9.47 Å². The third kappa shape index (κ3) is 5.43. The number of ether oxygens (including phenoxy) is 2. The highest BCUT2D eigenvalue weighted by molar-refractivity contribution is 5.95. The fourth-order valence-corrected chi connectivity index (χ4v) is 1.35. The van der Waals surface area contributed by atoms with Crippen LogP contribution in [0.15, 0.2) is 24.3 Å². The maximum atomic E-state index is 12.5. The largest absolute Gasteiger partial charge is 0.452 e. The fourth-order valence-electron chi connectivity index (χ4n) is 1.35. The number of alkyl carbamates (subject to hydrolysis) is 1. The Labute approximate surface area is 123 Å². The van der Waals surface area contributed by atoms with Gasteiger partial charge in [-0.25, -0.2) is 9.59 Å². The molecule has 0 saturated heterocycles. The summed E-state index contributed by atoms with van der Waals surface area (Å²) >= 11 is 0. The third-order valence-electron chi connectivity index (χ3n) is 2.28. The SMILES string of the molecule is CCOC(=O)NC(=O)COC(=O)c1cccc(C(F)(F)F)c1. The summed E-state index contributed by atoms with van der Waals surface area (Å²) in [5, 5.41) is 1.77. The zero-order valence-corrected chi connectivity index (χ0v) is 11.4. The highest BCUT2D eigenvalue weighted by Crippen LogP contribution is 2.29. The van der Waals surface area contributed by atoms with Gasteiger partial charge in [0.05, 0.1) is 17.7 Å². The second-order valence-corrected chi connectivity index (χ2v) is 3.92. The van der Waals surface area contributed by atoms with E-state index in [-0.39, 0.29) is 12.2 Å².